The molecule has 1 N–H and O–H groups in total. The zero-order valence-corrected chi connectivity index (χ0v) is 14.5. The quantitative estimate of drug-likeness (QED) is 0.228. The van der Waals surface area contributed by atoms with Gasteiger partial charge in [-0.2, -0.15) is 10.4 Å². The number of nitrogens with zero attached hydrogens (tertiary/aromatic N) is 4. The third-order valence-electron chi connectivity index (χ3n) is 3.49. The molecule has 3 aromatic rings. The second-order valence-corrected chi connectivity index (χ2v) is 6.27. The fourth-order valence-corrected chi connectivity index (χ4v) is 3.04. The van der Waals surface area contributed by atoms with Gasteiger partial charge in [-0.05, 0) is 29.5 Å². The van der Waals surface area contributed by atoms with E-state index in [0.717, 1.165) is 11.8 Å². The van der Waals surface area contributed by atoms with Crippen molar-refractivity contribution in [3.05, 3.63) is 81.7 Å². The molecule has 9 heteroatoms. The normalized spacial score (nSPS) is 11.0. The molecule has 0 saturated heterocycles. The molecule has 1 aromatic heterocycles. The van der Waals surface area contributed by atoms with Crippen molar-refractivity contribution in [2.24, 2.45) is 0 Å². The Bertz CT molecular complexity index is 1060. The largest absolute Gasteiger partial charge is 0.288 e. The van der Waals surface area contributed by atoms with Crippen LogP contribution in [0.5, 0.6) is 0 Å². The SMILES string of the molecule is N#CC(=Cc1ccc(Sc2ncn[nH]2)c([N+](=O)[O-])c1)C(=O)c1ccccc1. The van der Waals surface area contributed by atoms with E-state index in [1.54, 1.807) is 42.5 Å². The summed E-state index contributed by atoms with van der Waals surface area (Å²) in [5, 5.41) is 27.5. The van der Waals surface area contributed by atoms with Gasteiger partial charge in [-0.3, -0.25) is 20.0 Å². The molecule has 0 aliphatic carbocycles. The topological polar surface area (TPSA) is 126 Å². The highest BCUT2D eigenvalue weighted by Crippen LogP contribution is 2.34. The van der Waals surface area contributed by atoms with Gasteiger partial charge in [0.25, 0.3) is 5.69 Å². The second kappa shape index (κ2) is 8.07. The lowest BCUT2D eigenvalue weighted by molar-refractivity contribution is -0.387. The first-order chi connectivity index (χ1) is 13.1. The Morgan fingerprint density at radius 3 is 2.67 bits per heavy atom. The fourth-order valence-electron chi connectivity index (χ4n) is 2.26. The molecule has 27 heavy (non-hydrogen) atoms. The van der Waals surface area contributed by atoms with E-state index in [1.165, 1.54) is 18.5 Å². The molecule has 3 rings (SSSR count). The van der Waals surface area contributed by atoms with Crippen LogP contribution < -0.4 is 0 Å². The lowest BCUT2D eigenvalue weighted by Crippen LogP contribution is -2.01. The minimum absolute atomic E-state index is 0.105. The second-order valence-electron chi connectivity index (χ2n) is 5.24. The van der Waals surface area contributed by atoms with Gasteiger partial charge in [0.05, 0.1) is 9.82 Å². The van der Waals surface area contributed by atoms with Crippen LogP contribution in [0.15, 0.2) is 70.5 Å². The Hall–Kier alpha value is -3.77. The highest BCUT2D eigenvalue weighted by Gasteiger charge is 2.18. The Morgan fingerprint density at radius 2 is 2.04 bits per heavy atom. The summed E-state index contributed by atoms with van der Waals surface area (Å²) >= 11 is 1.06. The van der Waals surface area contributed by atoms with Crippen molar-refractivity contribution in [1.82, 2.24) is 15.2 Å². The molecule has 132 valence electrons. The summed E-state index contributed by atoms with van der Waals surface area (Å²) in [7, 11) is 0. The first kappa shape index (κ1) is 18.0. The van der Waals surface area contributed by atoms with E-state index in [-0.39, 0.29) is 11.3 Å². The molecule has 0 atom stereocenters. The molecule has 0 fully saturated rings. The number of H-pyrrole nitrogens is 1. The first-order valence-electron chi connectivity index (χ1n) is 7.61. The summed E-state index contributed by atoms with van der Waals surface area (Å²) in [5.41, 5.74) is 0.488. The summed E-state index contributed by atoms with van der Waals surface area (Å²) in [4.78, 5) is 27.6. The number of allylic oxidation sites excluding steroid dienone is 1. The molecule has 0 spiro atoms. The maximum Gasteiger partial charge on any atom is 0.283 e. The highest BCUT2D eigenvalue weighted by atomic mass is 32.2. The minimum Gasteiger partial charge on any atom is -0.288 e. The van der Waals surface area contributed by atoms with Crippen LogP contribution in [0.25, 0.3) is 6.08 Å². The van der Waals surface area contributed by atoms with E-state index in [1.807, 2.05) is 6.07 Å². The zero-order chi connectivity index (χ0) is 19.2. The van der Waals surface area contributed by atoms with Crippen molar-refractivity contribution in [1.29, 1.82) is 5.26 Å². The molecule has 0 amide bonds. The van der Waals surface area contributed by atoms with E-state index in [4.69, 9.17) is 0 Å². The average Bonchev–Trinajstić information content (AvgIpc) is 3.20. The smallest absolute Gasteiger partial charge is 0.283 e. The number of nitriles is 1. The van der Waals surface area contributed by atoms with Gasteiger partial charge in [0.15, 0.2) is 5.16 Å². The van der Waals surface area contributed by atoms with E-state index >= 15 is 0 Å². The van der Waals surface area contributed by atoms with Crippen molar-refractivity contribution >= 4 is 29.3 Å². The summed E-state index contributed by atoms with van der Waals surface area (Å²) in [6.07, 6.45) is 2.64. The van der Waals surface area contributed by atoms with Crippen molar-refractivity contribution in [2.75, 3.05) is 0 Å². The Morgan fingerprint density at radius 1 is 1.26 bits per heavy atom. The third-order valence-corrected chi connectivity index (χ3v) is 4.45. The third kappa shape index (κ3) is 4.26. The van der Waals surface area contributed by atoms with Crippen molar-refractivity contribution in [3.63, 3.8) is 0 Å². The van der Waals surface area contributed by atoms with Crippen molar-refractivity contribution < 1.29 is 9.72 Å². The van der Waals surface area contributed by atoms with Crippen LogP contribution >= 0.6 is 11.8 Å². The Labute approximate surface area is 157 Å². The molecule has 0 aliphatic heterocycles. The number of nitro benzene ring substituents is 1. The number of aromatic amines is 1. The molecule has 0 bridgehead atoms. The maximum absolute atomic E-state index is 12.4. The molecular formula is C18H11N5O3S. The van der Waals surface area contributed by atoms with Gasteiger partial charge >= 0.3 is 0 Å². The summed E-state index contributed by atoms with van der Waals surface area (Å²) in [6.45, 7) is 0. The van der Waals surface area contributed by atoms with E-state index in [2.05, 4.69) is 15.2 Å². The van der Waals surface area contributed by atoms with Gasteiger partial charge in [0.1, 0.15) is 18.0 Å². The number of benzene rings is 2. The molecule has 1 heterocycles. The van der Waals surface area contributed by atoms with Gasteiger partial charge in [0.2, 0.25) is 5.78 Å². The average molecular weight is 377 g/mol. The zero-order valence-electron chi connectivity index (χ0n) is 13.7. The van der Waals surface area contributed by atoms with Crippen LogP contribution in [0.2, 0.25) is 0 Å². The number of carbonyl (C=O) groups excluding carboxylic acids is 1. The van der Waals surface area contributed by atoms with Gasteiger partial charge in [0, 0.05) is 11.6 Å². The number of nitrogens with one attached hydrogen (secondary N) is 1. The van der Waals surface area contributed by atoms with Gasteiger partial charge < -0.3 is 0 Å². The Balaban J connectivity index is 1.95. The van der Waals surface area contributed by atoms with E-state index in [0.29, 0.717) is 21.2 Å². The lowest BCUT2D eigenvalue weighted by atomic mass is 10.0. The minimum atomic E-state index is -0.527. The number of hydrogen-bond donors (Lipinski definition) is 1. The van der Waals surface area contributed by atoms with E-state index in [9.17, 15) is 20.2 Å². The van der Waals surface area contributed by atoms with Crippen molar-refractivity contribution in [3.8, 4) is 6.07 Å². The van der Waals surface area contributed by atoms with Crippen LogP contribution in [-0.2, 0) is 0 Å². The maximum atomic E-state index is 12.4. The molecule has 0 radical (unpaired) electrons. The molecule has 0 unspecified atom stereocenters. The Kier molecular flexibility index (Phi) is 5.39. The summed E-state index contributed by atoms with van der Waals surface area (Å²) in [5.74, 6) is -0.444. The number of aromatic nitrogens is 3. The summed E-state index contributed by atoms with van der Waals surface area (Å²) < 4.78 is 0. The molecule has 2 aromatic carbocycles. The number of nitro groups is 1. The van der Waals surface area contributed by atoms with Crippen LogP contribution in [0.3, 0.4) is 0 Å². The number of carbonyl (C=O) groups is 1. The van der Waals surface area contributed by atoms with Crippen molar-refractivity contribution in [2.45, 2.75) is 10.1 Å². The standard InChI is InChI=1S/C18H11N5O3S/c19-10-14(17(24)13-4-2-1-3-5-13)8-12-6-7-16(15(9-12)23(25)26)27-18-20-11-21-22-18/h1-9,11H,(H,20,21,22). The molecular weight excluding hydrogens is 366 g/mol. The number of Topliss-reactive ketones (excluding diaryl/α,β-unsaturated/α-hetero) is 1. The van der Waals surface area contributed by atoms with Crippen LogP contribution in [0, 0.1) is 21.4 Å². The number of hydrogen-bond acceptors (Lipinski definition) is 7. The van der Waals surface area contributed by atoms with Crippen LogP contribution in [0.4, 0.5) is 5.69 Å². The van der Waals surface area contributed by atoms with Gasteiger partial charge in [-0.1, -0.05) is 36.4 Å². The predicted molar refractivity (Wildman–Crippen MR) is 98.0 cm³/mol. The summed E-state index contributed by atoms with van der Waals surface area (Å²) in [6, 6.07) is 14.7. The van der Waals surface area contributed by atoms with Crippen LogP contribution in [0.1, 0.15) is 15.9 Å². The molecule has 0 saturated carbocycles. The van der Waals surface area contributed by atoms with Gasteiger partial charge in [-0.25, -0.2) is 4.98 Å². The highest BCUT2D eigenvalue weighted by molar-refractivity contribution is 7.99. The molecule has 0 aliphatic rings. The lowest BCUT2D eigenvalue weighted by Gasteiger charge is -2.03. The van der Waals surface area contributed by atoms with E-state index < -0.39 is 10.7 Å². The fraction of sp³-hybridized carbons (Fsp3) is 0. The first-order valence-corrected chi connectivity index (χ1v) is 8.43. The predicted octanol–water partition coefficient (Wildman–Crippen LogP) is 3.65. The molecule has 8 nitrogen and oxygen atoms in total. The van der Waals surface area contributed by atoms with Gasteiger partial charge in [-0.15, -0.1) is 0 Å². The number of rotatable bonds is 6. The number of ketones is 1. The van der Waals surface area contributed by atoms with Crippen LogP contribution in [-0.4, -0.2) is 25.9 Å². The monoisotopic (exact) mass is 377 g/mol.